The van der Waals surface area contributed by atoms with Gasteiger partial charge in [0.1, 0.15) is 18.6 Å². The fraction of sp³-hybridized carbons (Fsp3) is 0.583. The van der Waals surface area contributed by atoms with E-state index in [-0.39, 0.29) is 24.3 Å². The predicted molar refractivity (Wildman–Crippen MR) is 92.8 cm³/mol. The van der Waals surface area contributed by atoms with Crippen molar-refractivity contribution in [2.24, 2.45) is 5.73 Å². The van der Waals surface area contributed by atoms with Crippen molar-refractivity contribution in [2.45, 2.75) is 24.9 Å². The molecule has 0 aromatic rings. The number of nitrogens with two attached hydrogens (primary N) is 1. The molecule has 0 unspecified atom stereocenters. The molecule has 0 fully saturated rings. The number of nitrogens with one attached hydrogen (secondary N) is 2. The molecule has 25 heavy (non-hydrogen) atoms. The predicted octanol–water partition coefficient (Wildman–Crippen LogP) is -2.21. The molecule has 0 aliphatic heterocycles. The largest absolute Gasteiger partial charge is 0.481 e. The lowest BCUT2D eigenvalue weighted by molar-refractivity contribution is -0.139. The van der Waals surface area contributed by atoms with Gasteiger partial charge in [-0.3, -0.25) is 24.0 Å². The summed E-state index contributed by atoms with van der Waals surface area (Å²) in [6, 6.07) is -2.15. The average molecular weight is 399 g/mol. The number of hydrogen-bond acceptors (Lipinski definition) is 8. The summed E-state index contributed by atoms with van der Waals surface area (Å²) in [4.78, 5) is 53.0. The van der Waals surface area contributed by atoms with Crippen molar-refractivity contribution in [3.8, 4) is 0 Å². The Bertz CT molecular complexity index is 489. The van der Waals surface area contributed by atoms with Crippen LogP contribution in [0.4, 0.5) is 0 Å². The Morgan fingerprint density at radius 3 is 1.88 bits per heavy atom. The topological polar surface area (TPSA) is 196 Å². The summed E-state index contributed by atoms with van der Waals surface area (Å²) in [5.74, 6) is -4.67. The van der Waals surface area contributed by atoms with Gasteiger partial charge in [0.05, 0.1) is 5.75 Å². The van der Waals surface area contributed by atoms with Gasteiger partial charge in [0.25, 0.3) is 0 Å². The van der Waals surface area contributed by atoms with E-state index in [1.54, 1.807) is 0 Å². The molecule has 0 spiro atoms. The van der Waals surface area contributed by atoms with Crippen LogP contribution in [-0.4, -0.2) is 75.2 Å². The Hall–Kier alpha value is -1.99. The quantitative estimate of drug-likeness (QED) is 0.188. The first-order chi connectivity index (χ1) is 11.5. The van der Waals surface area contributed by atoms with Gasteiger partial charge >= 0.3 is 17.9 Å². The first kappa shape index (κ1) is 25.3. The molecule has 0 bridgehead atoms. The molecule has 7 N–H and O–H groups in total. The normalized spacial score (nSPS) is 12.0. The molecule has 0 radical (unpaired) electrons. The van der Waals surface area contributed by atoms with Gasteiger partial charge in [-0.05, 0) is 6.42 Å². The summed E-state index contributed by atoms with van der Waals surface area (Å²) in [5.41, 5.74) is 5.23. The minimum atomic E-state index is -1.22. The Balaban J connectivity index is 0. The highest BCUT2D eigenvalue weighted by molar-refractivity contribution is 7.81. The first-order valence-corrected chi connectivity index (χ1v) is 8.02. The smallest absolute Gasteiger partial charge is 0.322 e. The van der Waals surface area contributed by atoms with Crippen LogP contribution in [0.15, 0.2) is 0 Å². The second-order valence-corrected chi connectivity index (χ2v) is 5.13. The third-order valence-corrected chi connectivity index (χ3v) is 3.02. The van der Waals surface area contributed by atoms with Gasteiger partial charge in [0, 0.05) is 12.2 Å². The highest BCUT2D eigenvalue weighted by Crippen LogP contribution is 1.97. The van der Waals surface area contributed by atoms with E-state index in [9.17, 15) is 24.0 Å². The molecule has 0 saturated heterocycles. The van der Waals surface area contributed by atoms with Crippen LogP contribution in [0.5, 0.6) is 0 Å². The molecule has 0 aromatic heterocycles. The number of amides is 2. The van der Waals surface area contributed by atoms with Gasteiger partial charge in [-0.15, -0.1) is 0 Å². The minimum Gasteiger partial charge on any atom is -0.481 e. The minimum absolute atomic E-state index is 0.0256. The molecule has 2 amide bonds. The van der Waals surface area contributed by atoms with Crippen LogP contribution in [0.3, 0.4) is 0 Å². The molecule has 0 aliphatic rings. The summed E-state index contributed by atoms with van der Waals surface area (Å²) in [6.07, 6.45) is -0.235. The molecule has 0 rings (SSSR count). The highest BCUT2D eigenvalue weighted by Gasteiger charge is 2.20. The van der Waals surface area contributed by atoms with Crippen molar-refractivity contribution >= 4 is 55.0 Å². The SMILES string of the molecule is N[C@@H](CCC(=O)N[C@@H](CS)C(=O)NCC(=O)O)C(=O)O.O=C(O)CS. The van der Waals surface area contributed by atoms with E-state index < -0.39 is 48.4 Å². The molecule has 0 heterocycles. The van der Waals surface area contributed by atoms with E-state index >= 15 is 0 Å². The van der Waals surface area contributed by atoms with Crippen molar-refractivity contribution in [3.63, 3.8) is 0 Å². The summed E-state index contributed by atoms with van der Waals surface area (Å²) < 4.78 is 0. The molecular formula is C12H21N3O8S2. The average Bonchev–Trinajstić information content (AvgIpc) is 2.55. The fourth-order valence-corrected chi connectivity index (χ4v) is 1.41. The van der Waals surface area contributed by atoms with Crippen LogP contribution in [0.25, 0.3) is 0 Å². The zero-order valence-electron chi connectivity index (χ0n) is 13.0. The maximum absolute atomic E-state index is 11.5. The lowest BCUT2D eigenvalue weighted by atomic mass is 10.1. The molecular weight excluding hydrogens is 378 g/mol. The molecule has 0 aromatic carbocycles. The van der Waals surface area contributed by atoms with Crippen molar-refractivity contribution < 1.29 is 39.3 Å². The Kier molecular flexibility index (Phi) is 14.5. The van der Waals surface area contributed by atoms with Gasteiger partial charge in [-0.25, -0.2) is 0 Å². The van der Waals surface area contributed by atoms with E-state index in [4.69, 9.17) is 21.1 Å². The lowest BCUT2D eigenvalue weighted by Crippen LogP contribution is -2.49. The van der Waals surface area contributed by atoms with Crippen LogP contribution in [-0.2, 0) is 24.0 Å². The zero-order valence-corrected chi connectivity index (χ0v) is 14.8. The highest BCUT2D eigenvalue weighted by atomic mass is 32.1. The number of carboxylic acid groups (broad SMARTS) is 3. The van der Waals surface area contributed by atoms with Crippen LogP contribution in [0, 0.1) is 0 Å². The van der Waals surface area contributed by atoms with Gasteiger partial charge in [0.2, 0.25) is 11.8 Å². The van der Waals surface area contributed by atoms with E-state index in [2.05, 4.69) is 35.9 Å². The van der Waals surface area contributed by atoms with Crippen LogP contribution in [0.2, 0.25) is 0 Å². The number of carboxylic acids is 3. The number of hydrogen-bond donors (Lipinski definition) is 8. The molecule has 2 atom stereocenters. The number of carbonyl (C=O) groups excluding carboxylic acids is 2. The molecule has 0 saturated carbocycles. The van der Waals surface area contributed by atoms with E-state index in [0.717, 1.165) is 0 Å². The van der Waals surface area contributed by atoms with Crippen molar-refractivity contribution in [3.05, 3.63) is 0 Å². The third-order valence-electron chi connectivity index (χ3n) is 2.38. The fourth-order valence-electron chi connectivity index (χ4n) is 1.16. The van der Waals surface area contributed by atoms with Gasteiger partial charge in [-0.1, -0.05) is 0 Å². The second-order valence-electron chi connectivity index (χ2n) is 4.45. The van der Waals surface area contributed by atoms with Crippen LogP contribution in [0.1, 0.15) is 12.8 Å². The summed E-state index contributed by atoms with van der Waals surface area (Å²) in [5, 5.41) is 29.0. The number of thiol groups is 2. The molecule has 11 nitrogen and oxygen atoms in total. The molecule has 13 heteroatoms. The van der Waals surface area contributed by atoms with E-state index in [0.29, 0.717) is 0 Å². The number of rotatable bonds is 10. The van der Waals surface area contributed by atoms with Crippen molar-refractivity contribution in [2.75, 3.05) is 18.1 Å². The molecule has 0 aliphatic carbocycles. The van der Waals surface area contributed by atoms with Gasteiger partial charge < -0.3 is 31.7 Å². The summed E-state index contributed by atoms with van der Waals surface area (Å²) in [7, 11) is 0. The Morgan fingerprint density at radius 2 is 1.52 bits per heavy atom. The monoisotopic (exact) mass is 399 g/mol. The summed E-state index contributed by atoms with van der Waals surface area (Å²) in [6.45, 7) is -0.567. The zero-order chi connectivity index (χ0) is 20.0. The maximum Gasteiger partial charge on any atom is 0.322 e. The first-order valence-electron chi connectivity index (χ1n) is 6.75. The maximum atomic E-state index is 11.5. The summed E-state index contributed by atoms with van der Waals surface area (Å²) >= 11 is 7.29. The third kappa shape index (κ3) is 15.3. The van der Waals surface area contributed by atoms with E-state index in [1.807, 2.05) is 0 Å². The van der Waals surface area contributed by atoms with Gasteiger partial charge in [-0.2, -0.15) is 25.3 Å². The van der Waals surface area contributed by atoms with E-state index in [1.165, 1.54) is 0 Å². The van der Waals surface area contributed by atoms with Crippen LogP contribution < -0.4 is 16.4 Å². The van der Waals surface area contributed by atoms with Crippen molar-refractivity contribution in [1.82, 2.24) is 10.6 Å². The molecule has 144 valence electrons. The van der Waals surface area contributed by atoms with Crippen molar-refractivity contribution in [1.29, 1.82) is 0 Å². The Labute approximate surface area is 154 Å². The van der Waals surface area contributed by atoms with Crippen LogP contribution >= 0.6 is 25.3 Å². The standard InChI is InChI=1S/C10H17N3O6S.C2H4O2S/c11-5(10(18)19)1-2-7(14)13-6(4-20)9(17)12-3-8(15)16;3-2(4)1-5/h5-6,20H,1-4,11H2,(H,12,17)(H,13,14)(H,15,16)(H,18,19);5H,1H2,(H,3,4)/t5-,6-;/m0./s1. The second kappa shape index (κ2) is 14.4. The number of carbonyl (C=O) groups is 5. The Morgan fingerprint density at radius 1 is 1.00 bits per heavy atom. The lowest BCUT2D eigenvalue weighted by Gasteiger charge is -2.16. The van der Waals surface area contributed by atoms with Gasteiger partial charge in [0.15, 0.2) is 0 Å². The number of aliphatic carboxylic acids is 3.